The maximum Gasteiger partial charge on any atom is 2.00 e. The van der Waals surface area contributed by atoms with Gasteiger partial charge in [0.2, 0.25) is 0 Å². The first kappa shape index (κ1) is 19.9. The largest absolute Gasteiger partial charge is 2.00 e. The molecule has 0 saturated heterocycles. The van der Waals surface area contributed by atoms with E-state index in [1.54, 1.807) is 0 Å². The maximum absolute atomic E-state index is 13.8. The molecule has 122 valence electrons. The van der Waals surface area contributed by atoms with E-state index in [1.807, 2.05) is 0 Å². The minimum atomic E-state index is -4.62. The molecule has 23 heavy (non-hydrogen) atoms. The molecule has 0 aliphatic heterocycles. The first-order valence-corrected chi connectivity index (χ1v) is 5.86. The predicted octanol–water partition coefficient (Wildman–Crippen LogP) is 5.01. The molecule has 0 bridgehead atoms. The molecule has 0 amide bonds. The fourth-order valence-corrected chi connectivity index (χ4v) is 1.80. The van der Waals surface area contributed by atoms with E-state index in [9.17, 15) is 30.7 Å². The Morgan fingerprint density at radius 1 is 0.826 bits per heavy atom. The van der Waals surface area contributed by atoms with Crippen LogP contribution in [-0.2, 0) is 6.11 Å². The Balaban J connectivity index is 0. The molecule has 0 atom stereocenters. The minimum absolute atomic E-state index is 0. The van der Waals surface area contributed by atoms with Crippen molar-refractivity contribution in [3.8, 4) is 5.75 Å². The predicted molar refractivity (Wildman–Crippen MR) is 70.2 cm³/mol. The summed E-state index contributed by atoms with van der Waals surface area (Å²) in [5, 5.41) is -0.478. The fraction of sp³-hybridized carbons (Fsp3) is 0.0769. The van der Waals surface area contributed by atoms with Crippen LogP contribution in [-0.4, -0.2) is 23.1 Å². The van der Waals surface area contributed by atoms with Crippen LogP contribution in [0.5, 0.6) is 5.75 Å². The number of hydrogen-bond acceptors (Lipinski definition) is 1. The molecule has 0 heterocycles. The standard InChI is InChI=1S/C13H4ClF7O.Mg.2H/c14-5-1-7(15)11(8(16)2-5)13(20,21)22-6-3-9(17)12(19)10(18)4-6;;;/h1-4H;;;/q;+2;2*-1. The SMILES string of the molecule is Fc1cc(OC(F)(F)c2c(F)cc(Cl)cc2F)cc(F)c1F.[H-].[H-].[Mg+2]. The molecule has 1 nitrogen and oxygen atoms in total. The topological polar surface area (TPSA) is 9.23 Å². The van der Waals surface area contributed by atoms with E-state index in [1.165, 1.54) is 0 Å². The summed E-state index contributed by atoms with van der Waals surface area (Å²) in [6, 6.07) is 1.03. The molecule has 2 aromatic rings. The molecule has 0 aliphatic carbocycles. The molecule has 0 N–H and O–H groups in total. The van der Waals surface area contributed by atoms with Gasteiger partial charge < -0.3 is 7.59 Å². The normalized spacial score (nSPS) is 11.1. The molecule has 0 spiro atoms. The zero-order chi connectivity index (χ0) is 16.7. The Labute approximate surface area is 149 Å². The summed E-state index contributed by atoms with van der Waals surface area (Å²) in [5.41, 5.74) is -1.80. The van der Waals surface area contributed by atoms with E-state index < -0.39 is 51.5 Å². The van der Waals surface area contributed by atoms with Crippen LogP contribution in [0.25, 0.3) is 0 Å². The van der Waals surface area contributed by atoms with Gasteiger partial charge in [-0.25, -0.2) is 22.0 Å². The smallest absolute Gasteiger partial charge is 1.00 e. The minimum Gasteiger partial charge on any atom is -1.00 e. The molecular formula is C13H6ClF7MgO. The molecule has 0 aromatic heterocycles. The second-order valence-electron chi connectivity index (χ2n) is 4.06. The Kier molecular flexibility index (Phi) is 6.16. The number of benzene rings is 2. The van der Waals surface area contributed by atoms with Crippen molar-refractivity contribution in [2.24, 2.45) is 0 Å². The van der Waals surface area contributed by atoms with E-state index in [-0.39, 0.29) is 38.0 Å². The summed E-state index contributed by atoms with van der Waals surface area (Å²) in [4.78, 5) is 0. The summed E-state index contributed by atoms with van der Waals surface area (Å²) in [6.07, 6.45) is -4.62. The third kappa shape index (κ3) is 4.21. The monoisotopic (exact) mass is 370 g/mol. The van der Waals surface area contributed by atoms with E-state index in [0.29, 0.717) is 12.1 Å². The second-order valence-corrected chi connectivity index (χ2v) is 4.50. The van der Waals surface area contributed by atoms with Gasteiger partial charge in [-0.2, -0.15) is 8.78 Å². The van der Waals surface area contributed by atoms with Gasteiger partial charge in [0.05, 0.1) is 0 Å². The Morgan fingerprint density at radius 2 is 1.26 bits per heavy atom. The van der Waals surface area contributed by atoms with Crippen LogP contribution in [0.2, 0.25) is 5.02 Å². The molecular weight excluding hydrogens is 365 g/mol. The van der Waals surface area contributed by atoms with Crippen molar-refractivity contribution in [1.82, 2.24) is 0 Å². The first-order valence-electron chi connectivity index (χ1n) is 5.48. The van der Waals surface area contributed by atoms with Gasteiger partial charge in [-0.15, -0.1) is 0 Å². The van der Waals surface area contributed by atoms with Crippen LogP contribution in [0.4, 0.5) is 30.7 Å². The summed E-state index contributed by atoms with van der Waals surface area (Å²) in [6.45, 7) is 0. The van der Waals surface area contributed by atoms with Crippen molar-refractivity contribution < 1.29 is 38.3 Å². The van der Waals surface area contributed by atoms with Gasteiger partial charge in [0.25, 0.3) is 0 Å². The molecule has 10 heteroatoms. The van der Waals surface area contributed by atoms with Crippen molar-refractivity contribution in [2.45, 2.75) is 6.11 Å². The van der Waals surface area contributed by atoms with Crippen molar-refractivity contribution in [3.05, 3.63) is 63.9 Å². The van der Waals surface area contributed by atoms with Crippen LogP contribution in [0, 0.1) is 29.1 Å². The average molecular weight is 371 g/mol. The number of halogens is 8. The number of alkyl halides is 2. The van der Waals surface area contributed by atoms with E-state index in [2.05, 4.69) is 4.74 Å². The molecule has 0 radical (unpaired) electrons. The van der Waals surface area contributed by atoms with Crippen LogP contribution in [0.15, 0.2) is 24.3 Å². The summed E-state index contributed by atoms with van der Waals surface area (Å²) < 4.78 is 96.9. The Hall–Kier alpha value is -1.19. The third-order valence-corrected chi connectivity index (χ3v) is 2.72. The molecule has 2 rings (SSSR count). The average Bonchev–Trinajstić information content (AvgIpc) is 2.33. The van der Waals surface area contributed by atoms with Gasteiger partial charge >= 0.3 is 29.2 Å². The fourth-order valence-electron chi connectivity index (χ4n) is 1.61. The van der Waals surface area contributed by atoms with Gasteiger partial charge in [0, 0.05) is 17.2 Å². The third-order valence-electron chi connectivity index (χ3n) is 2.50. The van der Waals surface area contributed by atoms with Crippen molar-refractivity contribution in [2.75, 3.05) is 0 Å². The molecule has 0 aliphatic rings. The van der Waals surface area contributed by atoms with Gasteiger partial charge in [-0.1, -0.05) is 11.6 Å². The van der Waals surface area contributed by atoms with E-state index in [0.717, 1.165) is 0 Å². The van der Waals surface area contributed by atoms with Crippen LogP contribution in [0.1, 0.15) is 8.42 Å². The molecule has 2 aromatic carbocycles. The quantitative estimate of drug-likeness (QED) is 0.419. The number of hydrogen-bond donors (Lipinski definition) is 0. The molecule has 0 fully saturated rings. The van der Waals surface area contributed by atoms with Crippen molar-refractivity contribution in [3.63, 3.8) is 0 Å². The van der Waals surface area contributed by atoms with Crippen LogP contribution in [0.3, 0.4) is 0 Å². The second kappa shape index (κ2) is 7.14. The van der Waals surface area contributed by atoms with Crippen LogP contribution >= 0.6 is 11.6 Å². The van der Waals surface area contributed by atoms with Crippen LogP contribution < -0.4 is 4.74 Å². The Morgan fingerprint density at radius 3 is 1.70 bits per heavy atom. The van der Waals surface area contributed by atoms with E-state index in [4.69, 9.17) is 11.6 Å². The van der Waals surface area contributed by atoms with Gasteiger partial charge in [0.15, 0.2) is 17.5 Å². The van der Waals surface area contributed by atoms with Gasteiger partial charge in [0.1, 0.15) is 22.9 Å². The summed E-state index contributed by atoms with van der Waals surface area (Å²) in [7, 11) is 0. The number of ether oxygens (including phenoxy) is 1. The van der Waals surface area contributed by atoms with Crippen molar-refractivity contribution >= 4 is 34.7 Å². The van der Waals surface area contributed by atoms with E-state index >= 15 is 0 Å². The maximum atomic E-state index is 13.8. The molecule has 0 unspecified atom stereocenters. The first-order chi connectivity index (χ1) is 10.1. The zero-order valence-electron chi connectivity index (χ0n) is 12.9. The molecule has 0 saturated carbocycles. The summed E-state index contributed by atoms with van der Waals surface area (Å²) in [5.74, 6) is -10.1. The summed E-state index contributed by atoms with van der Waals surface area (Å²) >= 11 is 5.28. The van der Waals surface area contributed by atoms with Crippen molar-refractivity contribution in [1.29, 1.82) is 0 Å². The zero-order valence-corrected chi connectivity index (χ0v) is 13.1. The van der Waals surface area contributed by atoms with Gasteiger partial charge in [-0.3, -0.25) is 0 Å². The van der Waals surface area contributed by atoms with Gasteiger partial charge in [-0.05, 0) is 12.1 Å². The number of rotatable bonds is 3. The Bertz CT molecular complexity index is 702.